The van der Waals surface area contributed by atoms with E-state index >= 15 is 0 Å². The number of carbonyl (C=O) groups excluding carboxylic acids is 1. The molecule has 1 aromatic carbocycles. The zero-order valence-corrected chi connectivity index (χ0v) is 13.7. The van der Waals surface area contributed by atoms with Crippen LogP contribution in [0.25, 0.3) is 0 Å². The van der Waals surface area contributed by atoms with Crippen molar-refractivity contribution < 1.29 is 14.7 Å². The number of benzene rings is 1. The van der Waals surface area contributed by atoms with Gasteiger partial charge >= 0.3 is 12.0 Å². The number of nitrogens with one attached hydrogen (secondary N) is 1. The van der Waals surface area contributed by atoms with Gasteiger partial charge in [-0.2, -0.15) is 0 Å². The first kappa shape index (κ1) is 15.8. The number of halogens is 1. The lowest BCUT2D eigenvalue weighted by atomic mass is 10.0. The van der Waals surface area contributed by atoms with Crippen molar-refractivity contribution in [2.75, 3.05) is 11.9 Å². The number of likely N-dealkylation sites (tertiary alicyclic amines) is 1. The maximum atomic E-state index is 12.4. The van der Waals surface area contributed by atoms with E-state index in [0.29, 0.717) is 16.1 Å². The molecule has 21 heavy (non-hydrogen) atoms. The topological polar surface area (TPSA) is 69.6 Å². The van der Waals surface area contributed by atoms with Crippen LogP contribution >= 0.6 is 15.9 Å². The number of amides is 2. The van der Waals surface area contributed by atoms with Gasteiger partial charge in [-0.25, -0.2) is 9.59 Å². The first-order chi connectivity index (χ1) is 9.88. The van der Waals surface area contributed by atoms with E-state index in [0.717, 1.165) is 19.4 Å². The highest BCUT2D eigenvalue weighted by Crippen LogP contribution is 2.25. The molecule has 0 aromatic heterocycles. The van der Waals surface area contributed by atoms with Gasteiger partial charge in [0.05, 0.1) is 5.56 Å². The molecule has 5 nitrogen and oxygen atoms in total. The Morgan fingerprint density at radius 2 is 2.10 bits per heavy atom. The molecule has 2 rings (SSSR count). The summed E-state index contributed by atoms with van der Waals surface area (Å²) in [4.78, 5) is 25.3. The van der Waals surface area contributed by atoms with Crippen LogP contribution in [0.15, 0.2) is 22.7 Å². The molecule has 1 heterocycles. The predicted octanol–water partition coefficient (Wildman–Crippen LogP) is 3.80. The zero-order valence-electron chi connectivity index (χ0n) is 12.1. The van der Waals surface area contributed by atoms with Crippen molar-refractivity contribution in [1.29, 1.82) is 0 Å². The second kappa shape index (κ2) is 6.47. The van der Waals surface area contributed by atoms with Crippen LogP contribution in [-0.2, 0) is 0 Å². The Kier molecular flexibility index (Phi) is 4.88. The van der Waals surface area contributed by atoms with Crippen LogP contribution in [0.4, 0.5) is 10.5 Å². The van der Waals surface area contributed by atoms with Gasteiger partial charge in [-0.05, 0) is 37.0 Å². The SMILES string of the molecule is CC(C)C1CCCN1C(=O)Nc1cc(Br)cc(C(=O)O)c1. The number of carbonyl (C=O) groups is 2. The predicted molar refractivity (Wildman–Crippen MR) is 84.7 cm³/mol. The van der Waals surface area contributed by atoms with Gasteiger partial charge in [-0.1, -0.05) is 29.8 Å². The minimum Gasteiger partial charge on any atom is -0.478 e. The van der Waals surface area contributed by atoms with Crippen LogP contribution in [0.5, 0.6) is 0 Å². The first-order valence-corrected chi connectivity index (χ1v) is 7.79. The van der Waals surface area contributed by atoms with Crippen molar-refractivity contribution in [1.82, 2.24) is 4.90 Å². The highest BCUT2D eigenvalue weighted by Gasteiger charge is 2.30. The van der Waals surface area contributed by atoms with Crippen molar-refractivity contribution in [3.05, 3.63) is 28.2 Å². The largest absolute Gasteiger partial charge is 0.478 e. The van der Waals surface area contributed by atoms with Gasteiger partial charge in [0.2, 0.25) is 0 Å². The molecule has 6 heteroatoms. The smallest absolute Gasteiger partial charge is 0.335 e. The van der Waals surface area contributed by atoms with Crippen LogP contribution in [0.3, 0.4) is 0 Å². The third kappa shape index (κ3) is 3.75. The van der Waals surface area contributed by atoms with Gasteiger partial charge in [0.1, 0.15) is 0 Å². The Morgan fingerprint density at radius 1 is 1.38 bits per heavy atom. The van der Waals surface area contributed by atoms with E-state index in [-0.39, 0.29) is 17.6 Å². The maximum absolute atomic E-state index is 12.4. The number of rotatable bonds is 3. The van der Waals surface area contributed by atoms with E-state index in [9.17, 15) is 9.59 Å². The summed E-state index contributed by atoms with van der Waals surface area (Å²) >= 11 is 3.26. The van der Waals surface area contributed by atoms with Gasteiger partial charge in [-0.15, -0.1) is 0 Å². The lowest BCUT2D eigenvalue weighted by molar-refractivity contribution is 0.0696. The molecule has 114 valence electrons. The zero-order chi connectivity index (χ0) is 15.6. The minimum atomic E-state index is -1.02. The molecule has 1 aliphatic rings. The van der Waals surface area contributed by atoms with Crippen LogP contribution < -0.4 is 5.32 Å². The number of nitrogens with zero attached hydrogens (tertiary/aromatic N) is 1. The summed E-state index contributed by atoms with van der Waals surface area (Å²) in [5.41, 5.74) is 0.627. The van der Waals surface area contributed by atoms with Crippen molar-refractivity contribution in [3.8, 4) is 0 Å². The van der Waals surface area contributed by atoms with Gasteiger partial charge in [-0.3, -0.25) is 0 Å². The van der Waals surface area contributed by atoms with E-state index in [1.807, 2.05) is 4.90 Å². The third-order valence-electron chi connectivity index (χ3n) is 3.73. The van der Waals surface area contributed by atoms with Gasteiger partial charge in [0.25, 0.3) is 0 Å². The van der Waals surface area contributed by atoms with Crippen LogP contribution in [0.1, 0.15) is 37.0 Å². The summed E-state index contributed by atoms with van der Waals surface area (Å²) in [7, 11) is 0. The first-order valence-electron chi connectivity index (χ1n) is 7.00. The highest BCUT2D eigenvalue weighted by molar-refractivity contribution is 9.10. The van der Waals surface area contributed by atoms with Crippen LogP contribution in [0.2, 0.25) is 0 Å². The standard InChI is InChI=1S/C15H19BrN2O3/c1-9(2)13-4-3-5-18(13)15(21)17-12-7-10(14(19)20)6-11(16)8-12/h6-9,13H,3-5H2,1-2H3,(H,17,21)(H,19,20). The number of hydrogen-bond donors (Lipinski definition) is 2. The molecule has 0 radical (unpaired) electrons. The summed E-state index contributed by atoms with van der Waals surface area (Å²) in [5, 5.41) is 11.8. The minimum absolute atomic E-state index is 0.140. The number of aromatic carboxylic acids is 1. The lowest BCUT2D eigenvalue weighted by Gasteiger charge is -2.27. The monoisotopic (exact) mass is 354 g/mol. The summed E-state index contributed by atoms with van der Waals surface area (Å²) < 4.78 is 0.625. The summed E-state index contributed by atoms with van der Waals surface area (Å²) in [5.74, 6) is -0.608. The molecule has 1 atom stereocenters. The molecule has 1 aromatic rings. The molecule has 1 aliphatic heterocycles. The maximum Gasteiger partial charge on any atom is 0.335 e. The lowest BCUT2D eigenvalue weighted by Crippen LogP contribution is -2.41. The van der Waals surface area contributed by atoms with E-state index in [4.69, 9.17) is 5.11 Å². The molecule has 2 amide bonds. The van der Waals surface area contributed by atoms with Crippen molar-refractivity contribution in [2.24, 2.45) is 5.92 Å². The normalized spacial score (nSPS) is 18.1. The molecular formula is C15H19BrN2O3. The second-order valence-corrected chi connectivity index (χ2v) is 6.53. The average molecular weight is 355 g/mol. The van der Waals surface area contributed by atoms with Gasteiger partial charge in [0.15, 0.2) is 0 Å². The molecule has 2 N–H and O–H groups in total. The summed E-state index contributed by atoms with van der Waals surface area (Å²) in [6.45, 7) is 4.96. The Morgan fingerprint density at radius 3 is 2.71 bits per heavy atom. The van der Waals surface area contributed by atoms with Crippen LogP contribution in [0, 0.1) is 5.92 Å². The molecule has 1 saturated heterocycles. The Bertz CT molecular complexity index is 560. The molecular weight excluding hydrogens is 336 g/mol. The number of urea groups is 1. The van der Waals surface area contributed by atoms with Gasteiger partial charge in [0, 0.05) is 22.7 Å². The van der Waals surface area contributed by atoms with Gasteiger partial charge < -0.3 is 15.3 Å². The molecule has 0 aliphatic carbocycles. The van der Waals surface area contributed by atoms with Crippen molar-refractivity contribution in [2.45, 2.75) is 32.7 Å². The average Bonchev–Trinajstić information content (AvgIpc) is 2.87. The fourth-order valence-electron chi connectivity index (χ4n) is 2.72. The van der Waals surface area contributed by atoms with E-state index in [2.05, 4.69) is 35.1 Å². The fraction of sp³-hybridized carbons (Fsp3) is 0.467. The number of anilines is 1. The Labute approximate surface area is 132 Å². The quantitative estimate of drug-likeness (QED) is 0.867. The van der Waals surface area contributed by atoms with Crippen molar-refractivity contribution >= 4 is 33.6 Å². The number of carboxylic acid groups (broad SMARTS) is 1. The molecule has 1 unspecified atom stereocenters. The Balaban J connectivity index is 2.14. The Hall–Kier alpha value is -1.56. The molecule has 0 saturated carbocycles. The molecule has 1 fully saturated rings. The molecule has 0 spiro atoms. The number of hydrogen-bond acceptors (Lipinski definition) is 2. The van der Waals surface area contributed by atoms with E-state index in [1.54, 1.807) is 6.07 Å². The van der Waals surface area contributed by atoms with E-state index < -0.39 is 5.97 Å². The van der Waals surface area contributed by atoms with E-state index in [1.165, 1.54) is 12.1 Å². The summed E-state index contributed by atoms with van der Waals surface area (Å²) in [6, 6.07) is 4.75. The summed E-state index contributed by atoms with van der Waals surface area (Å²) in [6.07, 6.45) is 2.03. The number of carboxylic acids is 1. The fourth-order valence-corrected chi connectivity index (χ4v) is 3.21. The van der Waals surface area contributed by atoms with Crippen LogP contribution in [-0.4, -0.2) is 34.6 Å². The highest BCUT2D eigenvalue weighted by atomic mass is 79.9. The molecule has 0 bridgehead atoms. The van der Waals surface area contributed by atoms with Crippen molar-refractivity contribution in [3.63, 3.8) is 0 Å². The third-order valence-corrected chi connectivity index (χ3v) is 4.18. The second-order valence-electron chi connectivity index (χ2n) is 5.61.